The minimum atomic E-state index is -5.17. The molecule has 0 aromatic carbocycles. The summed E-state index contributed by atoms with van der Waals surface area (Å²) >= 11 is 0. The second-order valence-corrected chi connectivity index (χ2v) is 2.45. The third-order valence-corrected chi connectivity index (χ3v) is 0. The van der Waals surface area contributed by atoms with Gasteiger partial charge in [-0.25, -0.2) is 0 Å². The Morgan fingerprint density at radius 1 is 0.615 bits per heavy atom. The first-order chi connectivity index (χ1) is 4.00. The third-order valence-electron chi connectivity index (χ3n) is 0. The molecule has 0 atom stereocenters. The van der Waals surface area contributed by atoms with Gasteiger partial charge in [-0.1, -0.05) is 0 Å². The Bertz CT molecular complexity index is 212. The van der Waals surface area contributed by atoms with Gasteiger partial charge >= 0.3 is 54.6 Å². The van der Waals surface area contributed by atoms with E-state index in [1.165, 1.54) is 0 Å². The zero-order chi connectivity index (χ0) is 9.00. The smallest absolute Gasteiger partial charge is 0.759 e. The van der Waals surface area contributed by atoms with E-state index in [1.807, 2.05) is 0 Å². The van der Waals surface area contributed by atoms with Crippen molar-refractivity contribution in [3.05, 3.63) is 0 Å². The summed E-state index contributed by atoms with van der Waals surface area (Å²) in [5, 5.41) is 0. The Balaban J connectivity index is -0.0000000267. The van der Waals surface area contributed by atoms with Gasteiger partial charge < -0.3 is 23.7 Å². The minimum absolute atomic E-state index is 0. The zero-order valence-electron chi connectivity index (χ0n) is 5.58. The predicted molar refractivity (Wildman–Crippen MR) is 36.1 cm³/mol. The predicted octanol–water partition coefficient (Wildman–Crippen LogP) is -4.26. The van der Waals surface area contributed by atoms with Crippen molar-refractivity contribution in [2.24, 2.45) is 0 Å². The monoisotopic (exact) mass is 626 g/mol. The Morgan fingerprint density at radius 2 is 0.615 bits per heavy atom. The molecule has 13 heteroatoms. The maximum Gasteiger partial charge on any atom is 2.00 e. The molecule has 0 aliphatic rings. The summed E-state index contributed by atoms with van der Waals surface area (Å²) in [6.45, 7) is 0. The van der Waals surface area contributed by atoms with E-state index < -0.39 is 20.8 Å². The normalized spacial score (nSPS) is 8.92. The molecule has 0 heterocycles. The van der Waals surface area contributed by atoms with E-state index in [0.717, 1.165) is 0 Å². The zero-order valence-corrected chi connectivity index (χ0v) is 15.0. The van der Waals surface area contributed by atoms with E-state index in [1.54, 1.807) is 0 Å². The molecule has 0 saturated heterocycles. The molecule has 13 heavy (non-hydrogen) atoms. The molecule has 0 aromatic rings. The summed E-state index contributed by atoms with van der Waals surface area (Å²) < 4.78 is 68.2. The van der Waals surface area contributed by atoms with Crippen molar-refractivity contribution in [1.82, 2.24) is 0 Å². The van der Waals surface area contributed by atoms with Crippen LogP contribution in [0.4, 0.5) is 0 Å². The van der Waals surface area contributed by atoms with Crippen molar-refractivity contribution in [1.29, 1.82) is 0 Å². The number of hydrogen-bond donors (Lipinski definition) is 0. The molecule has 0 rings (SSSR count). The van der Waals surface area contributed by atoms with Crippen LogP contribution in [0.2, 0.25) is 0 Å². The SMILES string of the molecule is O.O=S(=O)([O-])[O-].O=S(=O)([O-])[O-].[Pb+2].[Pb+2]. The van der Waals surface area contributed by atoms with E-state index in [-0.39, 0.29) is 60.1 Å². The van der Waals surface area contributed by atoms with Crippen LogP contribution in [-0.4, -0.2) is 95.1 Å². The Hall–Kier alpha value is 1.54. The van der Waals surface area contributed by atoms with Gasteiger partial charge in [-0.05, 0) is 0 Å². The van der Waals surface area contributed by atoms with Crippen LogP contribution in [0.1, 0.15) is 0 Å². The second-order valence-electron chi connectivity index (χ2n) is 0.816. The summed E-state index contributed by atoms with van der Waals surface area (Å²) in [5.74, 6) is 0. The van der Waals surface area contributed by atoms with Gasteiger partial charge in [0.1, 0.15) is 0 Å². The summed E-state index contributed by atoms with van der Waals surface area (Å²) in [7, 11) is -10.3. The average molecular weight is 625 g/mol. The Labute approximate surface area is 115 Å². The molecule has 4 radical (unpaired) electrons. The van der Waals surface area contributed by atoms with Crippen LogP contribution in [0.5, 0.6) is 0 Å². The number of rotatable bonds is 0. The molecule has 0 aromatic heterocycles. The van der Waals surface area contributed by atoms with Crippen LogP contribution >= 0.6 is 0 Å². The maximum atomic E-state index is 8.52. The van der Waals surface area contributed by atoms with Crippen molar-refractivity contribution in [2.45, 2.75) is 0 Å². The topological polar surface area (TPSA) is 192 Å². The molecule has 0 aliphatic carbocycles. The van der Waals surface area contributed by atoms with E-state index >= 15 is 0 Å². The van der Waals surface area contributed by atoms with Crippen molar-refractivity contribution in [2.75, 3.05) is 0 Å². The van der Waals surface area contributed by atoms with Gasteiger partial charge in [-0.3, -0.25) is 16.8 Å². The summed E-state index contributed by atoms with van der Waals surface area (Å²) in [6.07, 6.45) is 0. The Kier molecular flexibility index (Phi) is 26.2. The second kappa shape index (κ2) is 11.6. The van der Waals surface area contributed by atoms with Gasteiger partial charge in [0.2, 0.25) is 0 Å². The van der Waals surface area contributed by atoms with Gasteiger partial charge in [-0.15, -0.1) is 0 Å². The summed E-state index contributed by atoms with van der Waals surface area (Å²) in [4.78, 5) is 0. The number of hydrogen-bond acceptors (Lipinski definition) is 8. The van der Waals surface area contributed by atoms with E-state index in [2.05, 4.69) is 0 Å². The van der Waals surface area contributed by atoms with Crippen molar-refractivity contribution < 1.29 is 40.5 Å². The fourth-order valence-electron chi connectivity index (χ4n) is 0. The quantitative estimate of drug-likeness (QED) is 0.147. The van der Waals surface area contributed by atoms with E-state index in [9.17, 15) is 0 Å². The molecule has 0 spiro atoms. The molecule has 0 saturated carbocycles. The maximum absolute atomic E-state index is 8.52. The van der Waals surface area contributed by atoms with Gasteiger partial charge in [0.25, 0.3) is 0 Å². The molecule has 0 aliphatic heterocycles. The fraction of sp³-hybridized carbons (Fsp3) is 0. The van der Waals surface area contributed by atoms with Crippen molar-refractivity contribution >= 4 is 75.4 Å². The van der Waals surface area contributed by atoms with Crippen LogP contribution in [0.15, 0.2) is 0 Å². The van der Waals surface area contributed by atoms with Crippen LogP contribution < -0.4 is 0 Å². The van der Waals surface area contributed by atoms with Gasteiger partial charge in [0, 0.05) is 20.8 Å². The molecule has 0 fully saturated rings. The molecular formula is H2O9Pb2S2. The molecule has 2 N–H and O–H groups in total. The third kappa shape index (κ3) is 757. The van der Waals surface area contributed by atoms with Crippen molar-refractivity contribution in [3.63, 3.8) is 0 Å². The van der Waals surface area contributed by atoms with Crippen LogP contribution in [0, 0.1) is 0 Å². The van der Waals surface area contributed by atoms with Crippen LogP contribution in [0.3, 0.4) is 0 Å². The fourth-order valence-corrected chi connectivity index (χ4v) is 0. The Morgan fingerprint density at radius 3 is 0.615 bits per heavy atom. The molecule has 76 valence electrons. The first-order valence-electron chi connectivity index (χ1n) is 1.33. The van der Waals surface area contributed by atoms with Gasteiger partial charge in [-0.2, -0.15) is 0 Å². The first-order valence-corrected chi connectivity index (χ1v) is 4.00. The summed E-state index contributed by atoms with van der Waals surface area (Å²) in [5.41, 5.74) is 0. The van der Waals surface area contributed by atoms with Crippen molar-refractivity contribution in [3.8, 4) is 0 Å². The van der Waals surface area contributed by atoms with Gasteiger partial charge in [0.15, 0.2) is 0 Å². The van der Waals surface area contributed by atoms with Crippen LogP contribution in [-0.2, 0) is 20.8 Å². The molecule has 9 nitrogen and oxygen atoms in total. The molecule has 0 bridgehead atoms. The minimum Gasteiger partial charge on any atom is -0.759 e. The van der Waals surface area contributed by atoms with Crippen LogP contribution in [0.25, 0.3) is 0 Å². The average Bonchev–Trinajstić information content (AvgIpc) is 1.12. The van der Waals surface area contributed by atoms with Gasteiger partial charge in [0.05, 0.1) is 0 Å². The molecule has 0 amide bonds. The van der Waals surface area contributed by atoms with E-state index in [4.69, 9.17) is 35.0 Å². The molecule has 0 unspecified atom stereocenters. The van der Waals surface area contributed by atoms with E-state index in [0.29, 0.717) is 0 Å². The first kappa shape index (κ1) is 29.3. The standard InChI is InChI=1S/2H2O4S.H2O.2Pb/c2*1-5(2,3)4;;;/h2*(H2,1,2,3,4);1H2;;/q;;;2*+2/p-4. The molecular weight excluding hydrogens is 623 g/mol. The largest absolute Gasteiger partial charge is 2.00 e. The summed E-state index contributed by atoms with van der Waals surface area (Å²) in [6, 6.07) is 0.